The Morgan fingerprint density at radius 1 is 1.55 bits per heavy atom. The third-order valence-electron chi connectivity index (χ3n) is 0.649. The van der Waals surface area contributed by atoms with Gasteiger partial charge in [0.1, 0.15) is 0 Å². The Kier molecular flexibility index (Phi) is 4.22. The average Bonchev–Trinajstić information content (AvgIpc) is 1.87. The second kappa shape index (κ2) is 5.04. The van der Waals surface area contributed by atoms with E-state index >= 15 is 0 Å². The molecule has 4 N–H and O–H groups in total. The number of primary amides is 1. The molecule has 0 aliphatic rings. The van der Waals surface area contributed by atoms with Crippen LogP contribution in [0.1, 0.15) is 0 Å². The van der Waals surface area contributed by atoms with E-state index < -0.39 is 6.09 Å². The van der Waals surface area contributed by atoms with E-state index in [1.54, 1.807) is 12.1 Å². The van der Waals surface area contributed by atoms with Crippen LogP contribution in [0.3, 0.4) is 0 Å². The van der Waals surface area contributed by atoms with Crippen LogP contribution in [0.15, 0.2) is 24.4 Å². The maximum Gasteiger partial charge on any atom is 0.402 e. The summed E-state index contributed by atoms with van der Waals surface area (Å²) in [5.41, 5.74) is 4.03. The zero-order valence-electron chi connectivity index (χ0n) is 5.64. The van der Waals surface area contributed by atoms with Gasteiger partial charge in [-0.3, -0.25) is 0 Å². The summed E-state index contributed by atoms with van der Waals surface area (Å²) in [4.78, 5) is 12.3. The molecule has 0 spiro atoms. The first-order valence-corrected chi connectivity index (χ1v) is 2.71. The van der Waals surface area contributed by atoms with Gasteiger partial charge in [-0.2, -0.15) is 0 Å². The topological polar surface area (TPSA) is 96.4 Å². The summed E-state index contributed by atoms with van der Waals surface area (Å²) >= 11 is 0. The second-order valence-electron chi connectivity index (χ2n) is 1.53. The van der Waals surface area contributed by atoms with Gasteiger partial charge < -0.3 is 15.9 Å². The van der Waals surface area contributed by atoms with Crippen molar-refractivity contribution in [3.05, 3.63) is 24.4 Å². The van der Waals surface area contributed by atoms with Crippen LogP contribution in [0.2, 0.25) is 0 Å². The van der Waals surface area contributed by atoms with Gasteiger partial charge in [-0.1, -0.05) is 6.07 Å². The van der Waals surface area contributed by atoms with E-state index in [9.17, 15) is 0 Å². The molecule has 60 valence electrons. The molecule has 1 aromatic rings. The predicted molar refractivity (Wildman–Crippen MR) is 38.1 cm³/mol. The first-order chi connectivity index (χ1) is 5.13. The lowest BCUT2D eigenvalue weighted by molar-refractivity contribution is 0.205. The van der Waals surface area contributed by atoms with Crippen molar-refractivity contribution in [2.45, 2.75) is 0 Å². The van der Waals surface area contributed by atoms with E-state index in [4.69, 9.17) is 15.0 Å². The number of carbonyl (C=O) groups is 1. The molecular formula is C6H8N2O3. The Morgan fingerprint density at radius 3 is 2.27 bits per heavy atom. The van der Waals surface area contributed by atoms with Crippen molar-refractivity contribution in [2.24, 2.45) is 5.73 Å². The standard InChI is InChI=1S/C5H5NO.CH3NO2/c7-5-3-1-2-4-6-5;2-1(3)4/h1-4H,(H,6,7);2H2,(H,3,4). The van der Waals surface area contributed by atoms with Gasteiger partial charge in [0.05, 0.1) is 0 Å². The lowest BCUT2D eigenvalue weighted by atomic mass is 10.5. The van der Waals surface area contributed by atoms with Crippen LogP contribution in [-0.4, -0.2) is 21.3 Å². The molecule has 0 radical (unpaired) electrons. The maximum atomic E-state index is 8.78. The Balaban J connectivity index is 0.000000218. The van der Waals surface area contributed by atoms with E-state index in [0.717, 1.165) is 0 Å². The van der Waals surface area contributed by atoms with E-state index in [1.165, 1.54) is 12.3 Å². The van der Waals surface area contributed by atoms with Crippen molar-refractivity contribution in [2.75, 3.05) is 0 Å². The summed E-state index contributed by atoms with van der Waals surface area (Å²) in [5, 5.41) is 15.7. The Labute approximate surface area is 63.1 Å². The molecule has 0 aliphatic heterocycles. The number of carboxylic acid groups (broad SMARTS) is 1. The summed E-state index contributed by atoms with van der Waals surface area (Å²) in [6.45, 7) is 0. The number of aromatic hydroxyl groups is 1. The Bertz CT molecular complexity index is 208. The van der Waals surface area contributed by atoms with Gasteiger partial charge in [-0.25, -0.2) is 9.78 Å². The minimum absolute atomic E-state index is 0.0718. The summed E-state index contributed by atoms with van der Waals surface area (Å²) < 4.78 is 0. The van der Waals surface area contributed by atoms with Crippen LogP contribution in [-0.2, 0) is 0 Å². The summed E-state index contributed by atoms with van der Waals surface area (Å²) in [5.74, 6) is 0.0718. The summed E-state index contributed by atoms with van der Waals surface area (Å²) in [6, 6.07) is 5.00. The Hall–Kier alpha value is -1.78. The van der Waals surface area contributed by atoms with Crippen molar-refractivity contribution < 1.29 is 15.0 Å². The van der Waals surface area contributed by atoms with Crippen LogP contribution >= 0.6 is 0 Å². The van der Waals surface area contributed by atoms with Crippen molar-refractivity contribution in [3.8, 4) is 5.88 Å². The molecule has 5 nitrogen and oxygen atoms in total. The molecule has 0 atom stereocenters. The number of nitrogens with zero attached hydrogens (tertiary/aromatic N) is 1. The van der Waals surface area contributed by atoms with Gasteiger partial charge in [0.25, 0.3) is 0 Å². The monoisotopic (exact) mass is 156 g/mol. The van der Waals surface area contributed by atoms with Crippen LogP contribution in [0.4, 0.5) is 4.79 Å². The molecule has 0 fully saturated rings. The summed E-state index contributed by atoms with van der Waals surface area (Å²) in [7, 11) is 0. The fraction of sp³-hybridized carbons (Fsp3) is 0. The molecule has 11 heavy (non-hydrogen) atoms. The minimum Gasteiger partial charge on any atom is -0.493 e. The zero-order chi connectivity index (χ0) is 8.69. The SMILES string of the molecule is NC(=O)O.Oc1ccccn1. The molecule has 0 bridgehead atoms. The van der Waals surface area contributed by atoms with Crippen LogP contribution < -0.4 is 5.73 Å². The van der Waals surface area contributed by atoms with Crippen LogP contribution in [0.25, 0.3) is 0 Å². The second-order valence-corrected chi connectivity index (χ2v) is 1.53. The molecular weight excluding hydrogens is 148 g/mol. The highest BCUT2D eigenvalue weighted by Gasteiger charge is 1.76. The molecule has 0 saturated carbocycles. The van der Waals surface area contributed by atoms with E-state index in [1.807, 2.05) is 0 Å². The normalized spacial score (nSPS) is 7.64. The van der Waals surface area contributed by atoms with E-state index in [-0.39, 0.29) is 5.88 Å². The molecule has 0 aromatic carbocycles. The minimum atomic E-state index is -1.33. The summed E-state index contributed by atoms with van der Waals surface area (Å²) in [6.07, 6.45) is 0.204. The van der Waals surface area contributed by atoms with Gasteiger partial charge in [0, 0.05) is 12.3 Å². The highest BCUT2D eigenvalue weighted by molar-refractivity contribution is 5.61. The number of rotatable bonds is 0. The molecule has 1 heterocycles. The van der Waals surface area contributed by atoms with Crippen molar-refractivity contribution in [1.82, 2.24) is 4.98 Å². The fourth-order valence-corrected chi connectivity index (χ4v) is 0.354. The van der Waals surface area contributed by atoms with Gasteiger partial charge in [0.2, 0.25) is 5.88 Å². The lowest BCUT2D eigenvalue weighted by Crippen LogP contribution is -2.03. The number of amides is 1. The molecule has 0 saturated heterocycles. The molecule has 5 heteroatoms. The molecule has 1 aromatic heterocycles. The van der Waals surface area contributed by atoms with E-state index in [2.05, 4.69) is 10.7 Å². The average molecular weight is 156 g/mol. The van der Waals surface area contributed by atoms with Crippen LogP contribution in [0, 0.1) is 0 Å². The van der Waals surface area contributed by atoms with Gasteiger partial charge in [0.15, 0.2) is 0 Å². The predicted octanol–water partition coefficient (Wildman–Crippen LogP) is 0.410. The van der Waals surface area contributed by atoms with Crippen molar-refractivity contribution >= 4 is 6.09 Å². The molecule has 0 aliphatic carbocycles. The highest BCUT2D eigenvalue weighted by atomic mass is 16.4. The van der Waals surface area contributed by atoms with Gasteiger partial charge >= 0.3 is 6.09 Å². The van der Waals surface area contributed by atoms with Gasteiger partial charge in [-0.05, 0) is 6.07 Å². The molecule has 0 unspecified atom stereocenters. The Morgan fingerprint density at radius 2 is 2.09 bits per heavy atom. The smallest absolute Gasteiger partial charge is 0.402 e. The molecule has 1 amide bonds. The van der Waals surface area contributed by atoms with E-state index in [0.29, 0.717) is 0 Å². The van der Waals surface area contributed by atoms with Crippen molar-refractivity contribution in [3.63, 3.8) is 0 Å². The lowest BCUT2D eigenvalue weighted by Gasteiger charge is -1.81. The number of nitrogens with two attached hydrogens (primary N) is 1. The number of hydrogen-bond donors (Lipinski definition) is 3. The quantitative estimate of drug-likeness (QED) is 0.506. The fourth-order valence-electron chi connectivity index (χ4n) is 0.354. The first kappa shape index (κ1) is 9.22. The number of hydrogen-bond acceptors (Lipinski definition) is 3. The third kappa shape index (κ3) is 8.22. The first-order valence-electron chi connectivity index (χ1n) is 2.71. The molecule has 1 rings (SSSR count). The number of aromatic nitrogens is 1. The number of pyridine rings is 1. The zero-order valence-corrected chi connectivity index (χ0v) is 5.64. The van der Waals surface area contributed by atoms with Crippen molar-refractivity contribution in [1.29, 1.82) is 0 Å². The largest absolute Gasteiger partial charge is 0.493 e. The highest BCUT2D eigenvalue weighted by Crippen LogP contribution is 1.96. The van der Waals surface area contributed by atoms with Crippen LogP contribution in [0.5, 0.6) is 5.88 Å². The van der Waals surface area contributed by atoms with Gasteiger partial charge in [-0.15, -0.1) is 0 Å². The third-order valence-corrected chi connectivity index (χ3v) is 0.649. The maximum absolute atomic E-state index is 8.78.